The Balaban J connectivity index is 1.47. The molecule has 0 spiro atoms. The molecule has 1 fully saturated rings. The van der Waals surface area contributed by atoms with Gasteiger partial charge in [0.15, 0.2) is 0 Å². The van der Waals surface area contributed by atoms with E-state index in [1.54, 1.807) is 0 Å². The first kappa shape index (κ1) is 19.3. The fourth-order valence-corrected chi connectivity index (χ4v) is 4.43. The summed E-state index contributed by atoms with van der Waals surface area (Å²) >= 11 is 6.25. The summed E-state index contributed by atoms with van der Waals surface area (Å²) in [4.78, 5) is 4.94. The van der Waals surface area contributed by atoms with Crippen molar-refractivity contribution in [3.63, 3.8) is 0 Å². The van der Waals surface area contributed by atoms with Crippen molar-refractivity contribution >= 4 is 28.1 Å². The van der Waals surface area contributed by atoms with Crippen molar-refractivity contribution in [1.29, 1.82) is 0 Å². The Bertz CT molecular complexity index is 751. The summed E-state index contributed by atoms with van der Waals surface area (Å²) in [7, 11) is -1.34. The smallest absolute Gasteiger partial charge is 0.123 e. The lowest BCUT2D eigenvalue weighted by molar-refractivity contribution is 0.125. The molecule has 3 rings (SSSR count). The molecule has 26 heavy (non-hydrogen) atoms. The van der Waals surface area contributed by atoms with Gasteiger partial charge in [-0.15, -0.1) is 0 Å². The number of hydrogen-bond donors (Lipinski definition) is 1. The SMILES string of the molecule is O=S(CC(O)CN1CCN(c2ccccc2Cl)CC1)c1ccc(F)cc1. The second-order valence-electron chi connectivity index (χ2n) is 6.36. The molecule has 0 bridgehead atoms. The number of halogens is 2. The number of rotatable bonds is 6. The topological polar surface area (TPSA) is 43.8 Å². The lowest BCUT2D eigenvalue weighted by Gasteiger charge is -2.37. The Labute approximate surface area is 160 Å². The largest absolute Gasteiger partial charge is 0.391 e. The first-order valence-corrected chi connectivity index (χ1v) is 10.3. The van der Waals surface area contributed by atoms with Gasteiger partial charge in [0, 0.05) is 37.6 Å². The third kappa shape index (κ3) is 5.04. The van der Waals surface area contributed by atoms with Crippen LogP contribution in [0.25, 0.3) is 0 Å². The molecule has 1 N–H and O–H groups in total. The number of β-amino-alcohol motifs (C(OH)–C–C–N with tert-alkyl or cyclic N) is 1. The minimum absolute atomic E-state index is 0.149. The van der Waals surface area contributed by atoms with Crippen LogP contribution in [-0.4, -0.2) is 58.8 Å². The summed E-state index contributed by atoms with van der Waals surface area (Å²) in [5.41, 5.74) is 1.03. The fraction of sp³-hybridized carbons (Fsp3) is 0.368. The van der Waals surface area contributed by atoms with E-state index in [0.29, 0.717) is 11.4 Å². The zero-order chi connectivity index (χ0) is 18.5. The van der Waals surface area contributed by atoms with Crippen LogP contribution >= 0.6 is 11.6 Å². The molecule has 1 heterocycles. The van der Waals surface area contributed by atoms with Crippen LogP contribution in [0.5, 0.6) is 0 Å². The molecule has 1 aliphatic rings. The number of para-hydroxylation sites is 1. The number of aliphatic hydroxyl groups is 1. The highest BCUT2D eigenvalue weighted by Gasteiger charge is 2.21. The van der Waals surface area contributed by atoms with Crippen molar-refractivity contribution < 1.29 is 13.7 Å². The number of anilines is 1. The summed E-state index contributed by atoms with van der Waals surface area (Å²) in [6, 6.07) is 13.4. The summed E-state index contributed by atoms with van der Waals surface area (Å²) in [6.45, 7) is 3.76. The van der Waals surface area contributed by atoms with Crippen LogP contribution in [-0.2, 0) is 10.8 Å². The van der Waals surface area contributed by atoms with Crippen molar-refractivity contribution in [2.75, 3.05) is 43.4 Å². The average Bonchev–Trinajstić information content (AvgIpc) is 2.63. The maximum atomic E-state index is 12.9. The highest BCUT2D eigenvalue weighted by atomic mass is 35.5. The molecule has 2 aromatic rings. The maximum absolute atomic E-state index is 12.9. The van der Waals surface area contributed by atoms with Gasteiger partial charge < -0.3 is 10.0 Å². The molecule has 2 unspecified atom stereocenters. The molecule has 0 radical (unpaired) electrons. The minimum atomic E-state index is -1.34. The van der Waals surface area contributed by atoms with E-state index in [-0.39, 0.29) is 11.6 Å². The molecule has 0 aromatic heterocycles. The molecule has 1 saturated heterocycles. The Morgan fingerprint density at radius 1 is 1.08 bits per heavy atom. The predicted molar refractivity (Wildman–Crippen MR) is 104 cm³/mol. The van der Waals surface area contributed by atoms with Crippen LogP contribution in [0.2, 0.25) is 5.02 Å². The Morgan fingerprint density at radius 2 is 1.73 bits per heavy atom. The maximum Gasteiger partial charge on any atom is 0.123 e. The number of nitrogens with zero attached hydrogens (tertiary/aromatic N) is 2. The van der Waals surface area contributed by atoms with E-state index < -0.39 is 16.9 Å². The van der Waals surface area contributed by atoms with Gasteiger partial charge in [-0.2, -0.15) is 0 Å². The minimum Gasteiger partial charge on any atom is -0.391 e. The fourth-order valence-electron chi connectivity index (χ4n) is 3.09. The van der Waals surface area contributed by atoms with E-state index in [4.69, 9.17) is 11.6 Å². The van der Waals surface area contributed by atoms with Crippen molar-refractivity contribution in [3.8, 4) is 0 Å². The van der Waals surface area contributed by atoms with Crippen molar-refractivity contribution in [2.24, 2.45) is 0 Å². The van der Waals surface area contributed by atoms with E-state index in [1.807, 2.05) is 24.3 Å². The molecule has 0 aliphatic carbocycles. The van der Waals surface area contributed by atoms with E-state index >= 15 is 0 Å². The third-order valence-corrected chi connectivity index (χ3v) is 6.26. The third-order valence-electron chi connectivity index (χ3n) is 4.45. The number of piperazine rings is 1. The molecule has 0 saturated carbocycles. The molecule has 7 heteroatoms. The molecule has 1 aliphatic heterocycles. The molecular weight excluding hydrogens is 375 g/mol. The number of benzene rings is 2. The van der Waals surface area contributed by atoms with Crippen LogP contribution in [0.15, 0.2) is 53.4 Å². The lowest BCUT2D eigenvalue weighted by atomic mass is 10.2. The van der Waals surface area contributed by atoms with Crippen molar-refractivity contribution in [2.45, 2.75) is 11.0 Å². The normalized spacial score (nSPS) is 17.9. The van der Waals surface area contributed by atoms with Crippen LogP contribution in [0.3, 0.4) is 0 Å². The summed E-state index contributed by atoms with van der Waals surface area (Å²) in [6.07, 6.45) is -0.687. The predicted octanol–water partition coefficient (Wildman–Crippen LogP) is 2.77. The van der Waals surface area contributed by atoms with E-state index in [9.17, 15) is 13.7 Å². The zero-order valence-corrected chi connectivity index (χ0v) is 15.9. The highest BCUT2D eigenvalue weighted by molar-refractivity contribution is 7.85. The molecule has 0 amide bonds. The van der Waals surface area contributed by atoms with Crippen molar-refractivity contribution in [1.82, 2.24) is 4.90 Å². The Morgan fingerprint density at radius 3 is 2.38 bits per heavy atom. The highest BCUT2D eigenvalue weighted by Crippen LogP contribution is 2.26. The van der Waals surface area contributed by atoms with Gasteiger partial charge in [0.25, 0.3) is 0 Å². The van der Waals surface area contributed by atoms with Crippen LogP contribution in [0.1, 0.15) is 0 Å². The molecule has 4 nitrogen and oxygen atoms in total. The van der Waals surface area contributed by atoms with Crippen LogP contribution < -0.4 is 4.90 Å². The van der Waals surface area contributed by atoms with Gasteiger partial charge in [-0.05, 0) is 36.4 Å². The van der Waals surface area contributed by atoms with E-state index in [0.717, 1.165) is 36.9 Å². The number of aliphatic hydroxyl groups excluding tert-OH is 1. The quantitative estimate of drug-likeness (QED) is 0.815. The van der Waals surface area contributed by atoms with Gasteiger partial charge in [-0.25, -0.2) is 4.39 Å². The second kappa shape index (κ2) is 8.95. The van der Waals surface area contributed by atoms with E-state index in [1.165, 1.54) is 24.3 Å². The van der Waals surface area contributed by atoms with E-state index in [2.05, 4.69) is 9.80 Å². The number of hydrogen-bond acceptors (Lipinski definition) is 4. The Kier molecular flexibility index (Phi) is 6.64. The Hall–Kier alpha value is -1.47. The summed E-state index contributed by atoms with van der Waals surface area (Å²) in [5, 5.41) is 11.0. The van der Waals surface area contributed by atoms with Gasteiger partial charge in [-0.3, -0.25) is 9.11 Å². The zero-order valence-electron chi connectivity index (χ0n) is 14.4. The van der Waals surface area contributed by atoms with Crippen LogP contribution in [0.4, 0.5) is 10.1 Å². The molecule has 140 valence electrons. The lowest BCUT2D eigenvalue weighted by Crippen LogP contribution is -2.49. The molecule has 2 aromatic carbocycles. The average molecular weight is 397 g/mol. The van der Waals surface area contributed by atoms with Crippen LogP contribution in [0, 0.1) is 5.82 Å². The molecule has 2 atom stereocenters. The summed E-state index contributed by atoms with van der Waals surface area (Å²) in [5.74, 6) is -0.209. The first-order chi connectivity index (χ1) is 12.5. The van der Waals surface area contributed by atoms with Gasteiger partial charge in [0.05, 0.1) is 33.4 Å². The first-order valence-electron chi connectivity index (χ1n) is 8.57. The summed E-state index contributed by atoms with van der Waals surface area (Å²) < 4.78 is 25.2. The standard InChI is InChI=1S/C19H22ClFN2O2S/c20-18-3-1-2-4-19(18)23-11-9-22(10-12-23)13-16(24)14-26(25)17-7-5-15(21)6-8-17/h1-8,16,24H,9-14H2. The van der Waals surface area contributed by atoms with Gasteiger partial charge in [0.2, 0.25) is 0 Å². The monoisotopic (exact) mass is 396 g/mol. The second-order valence-corrected chi connectivity index (χ2v) is 8.26. The van der Waals surface area contributed by atoms with Gasteiger partial charge in [0.1, 0.15) is 5.82 Å². The van der Waals surface area contributed by atoms with Gasteiger partial charge in [-0.1, -0.05) is 23.7 Å². The molecular formula is C19H22ClFN2O2S. The van der Waals surface area contributed by atoms with Crippen molar-refractivity contribution in [3.05, 3.63) is 59.4 Å². The van der Waals surface area contributed by atoms with Gasteiger partial charge >= 0.3 is 0 Å².